The second-order valence-corrected chi connectivity index (χ2v) is 5.49. The van der Waals surface area contributed by atoms with Gasteiger partial charge in [-0.25, -0.2) is 4.98 Å². The molecule has 4 nitrogen and oxygen atoms in total. The number of nitrogens with zero attached hydrogens (tertiary/aromatic N) is 2. The van der Waals surface area contributed by atoms with Gasteiger partial charge in [-0.1, -0.05) is 17.7 Å². The molecule has 1 N–H and O–H groups in total. The topological polar surface area (TPSA) is 47.3 Å². The summed E-state index contributed by atoms with van der Waals surface area (Å²) in [7, 11) is 0. The maximum absolute atomic E-state index is 10.1. The van der Waals surface area contributed by atoms with Gasteiger partial charge >= 0.3 is 0 Å². The van der Waals surface area contributed by atoms with Crippen LogP contribution in [0.3, 0.4) is 0 Å². The molecule has 0 radical (unpaired) electrons. The number of aliphatic hydroxyl groups is 1. The van der Waals surface area contributed by atoms with Crippen LogP contribution in [0.5, 0.6) is 0 Å². The predicted molar refractivity (Wildman–Crippen MR) is 70.9 cm³/mol. The van der Waals surface area contributed by atoms with Gasteiger partial charge in [-0.15, -0.1) is 0 Å². The standard InChI is InChI=1S/C15H16N2O2/c1-9-2-3-10-11(4-9)13-5-16-8-17(13)15(10)12-6-19-7-14(12)18/h2-5,8,12,14-15,18H,6-7H2,1H3. The molecule has 98 valence electrons. The molecule has 3 unspecified atom stereocenters. The number of aliphatic hydroxyl groups excluding tert-OH is 1. The Hall–Kier alpha value is -1.65. The van der Waals surface area contributed by atoms with Gasteiger partial charge in [0.1, 0.15) is 0 Å². The van der Waals surface area contributed by atoms with E-state index >= 15 is 0 Å². The monoisotopic (exact) mass is 256 g/mol. The molecule has 0 saturated carbocycles. The van der Waals surface area contributed by atoms with Crippen LogP contribution in [0.2, 0.25) is 0 Å². The molecule has 2 aliphatic heterocycles. The van der Waals surface area contributed by atoms with E-state index in [1.54, 1.807) is 0 Å². The third-order valence-electron chi connectivity index (χ3n) is 4.27. The van der Waals surface area contributed by atoms with Gasteiger partial charge in [0.2, 0.25) is 0 Å². The van der Waals surface area contributed by atoms with E-state index in [1.165, 1.54) is 16.7 Å². The first-order valence-electron chi connectivity index (χ1n) is 6.64. The summed E-state index contributed by atoms with van der Waals surface area (Å²) in [6, 6.07) is 6.65. The molecule has 0 amide bonds. The number of benzene rings is 1. The van der Waals surface area contributed by atoms with Crippen LogP contribution in [0.1, 0.15) is 17.2 Å². The average molecular weight is 256 g/mol. The summed E-state index contributed by atoms with van der Waals surface area (Å²) in [6.07, 6.45) is 3.37. The van der Waals surface area contributed by atoms with Crippen molar-refractivity contribution in [3.63, 3.8) is 0 Å². The molecule has 4 rings (SSSR count). The van der Waals surface area contributed by atoms with E-state index in [1.807, 2.05) is 12.5 Å². The Bertz CT molecular complexity index is 635. The van der Waals surface area contributed by atoms with Gasteiger partial charge in [0.25, 0.3) is 0 Å². The highest BCUT2D eigenvalue weighted by atomic mass is 16.5. The van der Waals surface area contributed by atoms with Crippen molar-refractivity contribution in [3.8, 4) is 11.3 Å². The van der Waals surface area contributed by atoms with E-state index in [2.05, 4.69) is 34.7 Å². The van der Waals surface area contributed by atoms with Crippen LogP contribution in [-0.4, -0.2) is 34.0 Å². The van der Waals surface area contributed by atoms with Gasteiger partial charge in [-0.3, -0.25) is 0 Å². The minimum Gasteiger partial charge on any atom is -0.390 e. The highest BCUT2D eigenvalue weighted by Crippen LogP contribution is 2.45. The van der Waals surface area contributed by atoms with Crippen LogP contribution in [0.4, 0.5) is 0 Å². The summed E-state index contributed by atoms with van der Waals surface area (Å²) in [5.74, 6) is 0.108. The predicted octanol–water partition coefficient (Wildman–Crippen LogP) is 1.77. The lowest BCUT2D eigenvalue weighted by Crippen LogP contribution is -2.27. The van der Waals surface area contributed by atoms with Gasteiger partial charge < -0.3 is 14.4 Å². The minimum atomic E-state index is -0.396. The number of fused-ring (bicyclic) bond motifs is 3. The summed E-state index contributed by atoms with van der Waals surface area (Å²) in [4.78, 5) is 4.26. The van der Waals surface area contributed by atoms with Crippen LogP contribution in [-0.2, 0) is 4.74 Å². The molecule has 0 spiro atoms. The molecule has 3 heterocycles. The van der Waals surface area contributed by atoms with E-state index < -0.39 is 6.10 Å². The minimum absolute atomic E-state index is 0.108. The van der Waals surface area contributed by atoms with Crippen LogP contribution >= 0.6 is 0 Å². The van der Waals surface area contributed by atoms with Crippen LogP contribution in [0.15, 0.2) is 30.7 Å². The quantitative estimate of drug-likeness (QED) is 0.846. The first-order chi connectivity index (χ1) is 9.25. The van der Waals surface area contributed by atoms with E-state index in [-0.39, 0.29) is 12.0 Å². The fourth-order valence-corrected chi connectivity index (χ4v) is 3.33. The molecule has 0 bridgehead atoms. The maximum atomic E-state index is 10.1. The molecule has 1 fully saturated rings. The molecule has 1 saturated heterocycles. The van der Waals surface area contributed by atoms with Gasteiger partial charge in [0.05, 0.1) is 43.6 Å². The van der Waals surface area contributed by atoms with Crippen LogP contribution < -0.4 is 0 Å². The molecular formula is C15H16N2O2. The van der Waals surface area contributed by atoms with Crippen molar-refractivity contribution in [1.29, 1.82) is 0 Å². The molecule has 0 aliphatic carbocycles. The van der Waals surface area contributed by atoms with E-state index in [0.29, 0.717) is 13.2 Å². The van der Waals surface area contributed by atoms with Crippen molar-refractivity contribution in [2.75, 3.05) is 13.2 Å². The zero-order valence-electron chi connectivity index (χ0n) is 10.8. The SMILES string of the molecule is Cc1ccc2c(c1)-c1cncn1C2C1COCC1O. The Kier molecular flexibility index (Phi) is 2.31. The summed E-state index contributed by atoms with van der Waals surface area (Å²) < 4.78 is 7.60. The Balaban J connectivity index is 1.89. The van der Waals surface area contributed by atoms with Crippen molar-refractivity contribution < 1.29 is 9.84 Å². The fraction of sp³-hybridized carbons (Fsp3) is 0.400. The first kappa shape index (κ1) is 11.2. The Morgan fingerprint density at radius 1 is 1.37 bits per heavy atom. The van der Waals surface area contributed by atoms with Crippen molar-refractivity contribution in [1.82, 2.24) is 9.55 Å². The number of imidazole rings is 1. The highest BCUT2D eigenvalue weighted by Gasteiger charge is 2.40. The molecule has 4 heteroatoms. The summed E-state index contributed by atoms with van der Waals surface area (Å²) in [5.41, 5.74) is 4.90. The summed E-state index contributed by atoms with van der Waals surface area (Å²) in [6.45, 7) is 3.14. The van der Waals surface area contributed by atoms with E-state index in [9.17, 15) is 5.11 Å². The maximum Gasteiger partial charge on any atom is 0.0956 e. The number of ether oxygens (including phenoxy) is 1. The normalized spacial score (nSPS) is 28.4. The second-order valence-electron chi connectivity index (χ2n) is 5.49. The number of hydrogen-bond donors (Lipinski definition) is 1. The Labute approximate surface area is 111 Å². The van der Waals surface area contributed by atoms with Crippen molar-refractivity contribution >= 4 is 0 Å². The van der Waals surface area contributed by atoms with Crippen molar-refractivity contribution in [2.24, 2.45) is 5.92 Å². The summed E-state index contributed by atoms with van der Waals surface area (Å²) in [5, 5.41) is 10.1. The third-order valence-corrected chi connectivity index (χ3v) is 4.27. The van der Waals surface area contributed by atoms with Crippen LogP contribution in [0, 0.1) is 12.8 Å². The number of rotatable bonds is 1. The molecule has 2 aromatic rings. The fourth-order valence-electron chi connectivity index (χ4n) is 3.33. The van der Waals surface area contributed by atoms with Crippen molar-refractivity contribution in [2.45, 2.75) is 19.1 Å². The highest BCUT2D eigenvalue weighted by molar-refractivity contribution is 5.70. The summed E-state index contributed by atoms with van der Waals surface area (Å²) >= 11 is 0. The Morgan fingerprint density at radius 3 is 3.05 bits per heavy atom. The third kappa shape index (κ3) is 1.50. The second kappa shape index (κ2) is 3.92. The van der Waals surface area contributed by atoms with E-state index in [0.717, 1.165) is 5.69 Å². The van der Waals surface area contributed by atoms with Crippen LogP contribution in [0.25, 0.3) is 11.3 Å². The number of aryl methyl sites for hydroxylation is 1. The molecular weight excluding hydrogens is 240 g/mol. The molecule has 1 aromatic carbocycles. The van der Waals surface area contributed by atoms with Gasteiger partial charge in [-0.05, 0) is 18.6 Å². The average Bonchev–Trinajstić information content (AvgIpc) is 3.05. The lowest BCUT2D eigenvalue weighted by Gasteiger charge is -2.23. The zero-order valence-corrected chi connectivity index (χ0v) is 10.8. The lowest BCUT2D eigenvalue weighted by molar-refractivity contribution is 0.111. The number of hydrogen-bond acceptors (Lipinski definition) is 3. The first-order valence-corrected chi connectivity index (χ1v) is 6.64. The molecule has 3 atom stereocenters. The van der Waals surface area contributed by atoms with Gasteiger partial charge in [0, 0.05) is 11.5 Å². The Morgan fingerprint density at radius 2 is 2.26 bits per heavy atom. The number of aromatic nitrogens is 2. The van der Waals surface area contributed by atoms with Gasteiger partial charge in [-0.2, -0.15) is 0 Å². The van der Waals surface area contributed by atoms with Crippen molar-refractivity contribution in [3.05, 3.63) is 41.9 Å². The zero-order chi connectivity index (χ0) is 13.0. The largest absolute Gasteiger partial charge is 0.390 e. The molecule has 1 aromatic heterocycles. The van der Waals surface area contributed by atoms with E-state index in [4.69, 9.17) is 4.74 Å². The smallest absolute Gasteiger partial charge is 0.0956 e. The van der Waals surface area contributed by atoms with Gasteiger partial charge in [0.15, 0.2) is 0 Å². The molecule has 2 aliphatic rings. The molecule has 19 heavy (non-hydrogen) atoms. The lowest BCUT2D eigenvalue weighted by atomic mass is 9.89.